The molecule has 1 heterocycles. The van der Waals surface area contributed by atoms with Crippen LogP contribution in [-0.4, -0.2) is 68.2 Å². The molecule has 0 spiro atoms. The first kappa shape index (κ1) is 21.9. The van der Waals surface area contributed by atoms with Crippen molar-refractivity contribution in [3.8, 4) is 0 Å². The maximum absolute atomic E-state index is 13.1. The Balaban J connectivity index is 1.31. The molecule has 2 aromatic carbocycles. The molecule has 1 aliphatic carbocycles. The van der Waals surface area contributed by atoms with Crippen LogP contribution in [0.4, 0.5) is 4.39 Å². The highest BCUT2D eigenvalue weighted by Crippen LogP contribution is 2.26. The molecule has 1 amide bonds. The van der Waals surface area contributed by atoms with Gasteiger partial charge in [0, 0.05) is 39.8 Å². The number of amides is 1. The van der Waals surface area contributed by atoms with Gasteiger partial charge in [-0.25, -0.2) is 12.8 Å². The summed E-state index contributed by atoms with van der Waals surface area (Å²) in [4.78, 5) is 16.5. The van der Waals surface area contributed by atoms with Gasteiger partial charge in [0.05, 0.1) is 11.4 Å². The zero-order valence-corrected chi connectivity index (χ0v) is 18.6. The number of halogens is 1. The molecule has 4 rings (SSSR count). The Kier molecular flexibility index (Phi) is 6.41. The van der Waals surface area contributed by atoms with E-state index >= 15 is 0 Å². The Morgan fingerprint density at radius 1 is 1.00 bits per heavy atom. The molecule has 166 valence electrons. The lowest BCUT2D eigenvalue weighted by Crippen LogP contribution is -2.51. The van der Waals surface area contributed by atoms with Crippen LogP contribution in [0.3, 0.4) is 0 Å². The Bertz CT molecular complexity index is 1050. The average molecular weight is 446 g/mol. The zero-order chi connectivity index (χ0) is 22.0. The van der Waals surface area contributed by atoms with Gasteiger partial charge in [0.2, 0.25) is 15.9 Å². The summed E-state index contributed by atoms with van der Waals surface area (Å²) in [6.45, 7) is 2.42. The van der Waals surface area contributed by atoms with Crippen LogP contribution in [-0.2, 0) is 34.2 Å². The van der Waals surface area contributed by atoms with Crippen molar-refractivity contribution < 1.29 is 17.6 Å². The molecule has 6 nitrogen and oxygen atoms in total. The van der Waals surface area contributed by atoms with Crippen molar-refractivity contribution in [1.29, 1.82) is 0 Å². The average Bonchev–Trinajstić information content (AvgIpc) is 3.23. The highest BCUT2D eigenvalue weighted by atomic mass is 32.2. The zero-order valence-electron chi connectivity index (χ0n) is 17.8. The number of fused-ring (bicyclic) bond motifs is 1. The largest absolute Gasteiger partial charge is 0.340 e. The predicted molar refractivity (Wildman–Crippen MR) is 117 cm³/mol. The molecule has 8 heteroatoms. The van der Waals surface area contributed by atoms with E-state index in [-0.39, 0.29) is 18.3 Å². The minimum Gasteiger partial charge on any atom is -0.340 e. The molecule has 2 aliphatic rings. The second kappa shape index (κ2) is 9.06. The Labute approximate surface area is 183 Å². The number of hydrogen-bond acceptors (Lipinski definition) is 4. The summed E-state index contributed by atoms with van der Waals surface area (Å²) in [7, 11) is -1.79. The van der Waals surface area contributed by atoms with Crippen molar-refractivity contribution >= 4 is 15.9 Å². The molecule has 0 aromatic heterocycles. The van der Waals surface area contributed by atoms with E-state index in [2.05, 4.69) is 0 Å². The molecule has 31 heavy (non-hydrogen) atoms. The van der Waals surface area contributed by atoms with E-state index in [1.807, 2.05) is 17.0 Å². The van der Waals surface area contributed by atoms with Gasteiger partial charge < -0.3 is 4.90 Å². The number of aryl methyl sites for hydroxylation is 2. The van der Waals surface area contributed by atoms with E-state index in [0.717, 1.165) is 30.4 Å². The van der Waals surface area contributed by atoms with Crippen LogP contribution >= 0.6 is 0 Å². The number of benzene rings is 2. The Hall–Kier alpha value is -2.29. The molecule has 0 bridgehead atoms. The monoisotopic (exact) mass is 445 g/mol. The van der Waals surface area contributed by atoms with E-state index in [9.17, 15) is 17.6 Å². The number of sulfonamides is 1. The highest BCUT2D eigenvalue weighted by molar-refractivity contribution is 7.89. The summed E-state index contributed by atoms with van der Waals surface area (Å²) in [6.07, 6.45) is 3.05. The first-order valence-corrected chi connectivity index (χ1v) is 12.1. The highest BCUT2D eigenvalue weighted by Gasteiger charge is 2.30. The number of hydrogen-bond donors (Lipinski definition) is 0. The quantitative estimate of drug-likeness (QED) is 0.685. The third-order valence-electron chi connectivity index (χ3n) is 6.16. The summed E-state index contributed by atoms with van der Waals surface area (Å²) in [5.74, 6) is -0.343. The van der Waals surface area contributed by atoms with Crippen LogP contribution in [0.25, 0.3) is 0 Å². The minimum atomic E-state index is -3.52. The topological polar surface area (TPSA) is 60.9 Å². The molecule has 0 unspecified atom stereocenters. The van der Waals surface area contributed by atoms with Crippen LogP contribution in [0, 0.1) is 5.82 Å². The summed E-state index contributed by atoms with van der Waals surface area (Å²) in [6, 6.07) is 11.6. The maximum Gasteiger partial charge on any atom is 0.243 e. The third kappa shape index (κ3) is 4.97. The van der Waals surface area contributed by atoms with Gasteiger partial charge >= 0.3 is 0 Å². The Morgan fingerprint density at radius 2 is 1.68 bits per heavy atom. The molecule has 1 saturated heterocycles. The molecule has 0 atom stereocenters. The first-order chi connectivity index (χ1) is 14.8. The minimum absolute atomic E-state index is 0.0424. The van der Waals surface area contributed by atoms with Crippen LogP contribution < -0.4 is 0 Å². The van der Waals surface area contributed by atoms with Gasteiger partial charge in [0.25, 0.3) is 0 Å². The molecule has 1 aliphatic heterocycles. The maximum atomic E-state index is 13.1. The van der Waals surface area contributed by atoms with Crippen molar-refractivity contribution in [2.24, 2.45) is 0 Å². The van der Waals surface area contributed by atoms with Gasteiger partial charge in [-0.3, -0.25) is 9.69 Å². The summed E-state index contributed by atoms with van der Waals surface area (Å²) in [5.41, 5.74) is 3.27. The van der Waals surface area contributed by atoms with Gasteiger partial charge in [-0.05, 0) is 60.2 Å². The lowest BCUT2D eigenvalue weighted by Gasteiger charge is -2.34. The van der Waals surface area contributed by atoms with Gasteiger partial charge in [0.15, 0.2) is 0 Å². The van der Waals surface area contributed by atoms with Gasteiger partial charge in [-0.15, -0.1) is 0 Å². The molecule has 1 fully saturated rings. The summed E-state index contributed by atoms with van der Waals surface area (Å²) >= 11 is 0. The van der Waals surface area contributed by atoms with Gasteiger partial charge in [-0.2, -0.15) is 4.31 Å². The molecule has 2 aromatic rings. The summed E-state index contributed by atoms with van der Waals surface area (Å²) in [5, 5.41) is 0. The van der Waals surface area contributed by atoms with Crippen molar-refractivity contribution in [3.05, 3.63) is 65.0 Å². The second-order valence-corrected chi connectivity index (χ2v) is 10.3. The lowest BCUT2D eigenvalue weighted by atomic mass is 10.1. The van der Waals surface area contributed by atoms with Crippen LogP contribution in [0.2, 0.25) is 0 Å². The van der Waals surface area contributed by atoms with Crippen molar-refractivity contribution in [2.75, 3.05) is 39.8 Å². The number of carbonyl (C=O) groups excluding carboxylic acids is 1. The molecule has 0 N–H and O–H groups in total. The fourth-order valence-corrected chi connectivity index (χ4v) is 5.72. The smallest absolute Gasteiger partial charge is 0.243 e. The van der Waals surface area contributed by atoms with Crippen molar-refractivity contribution in [1.82, 2.24) is 14.1 Å². The third-order valence-corrected chi connectivity index (χ3v) is 8.05. The number of rotatable bonds is 6. The van der Waals surface area contributed by atoms with E-state index in [0.29, 0.717) is 37.6 Å². The van der Waals surface area contributed by atoms with E-state index in [1.165, 1.54) is 22.0 Å². The van der Waals surface area contributed by atoms with E-state index in [4.69, 9.17) is 0 Å². The molecular formula is C23H28FN3O3S. The number of piperazine rings is 1. The number of nitrogens with zero attached hydrogens (tertiary/aromatic N) is 3. The molecular weight excluding hydrogens is 417 g/mol. The SMILES string of the molecule is CN(Cc1ccc(F)cc1)C(=O)CN1CCN(S(=O)(=O)c2ccc3c(c2)CCC3)CC1. The van der Waals surface area contributed by atoms with Crippen molar-refractivity contribution in [2.45, 2.75) is 30.7 Å². The summed E-state index contributed by atoms with van der Waals surface area (Å²) < 4.78 is 40.7. The normalized spacial score (nSPS) is 17.5. The fraction of sp³-hybridized carbons (Fsp3) is 0.435. The van der Waals surface area contributed by atoms with Crippen LogP contribution in [0.5, 0.6) is 0 Å². The first-order valence-electron chi connectivity index (χ1n) is 10.7. The predicted octanol–water partition coefficient (Wildman–Crippen LogP) is 2.28. The van der Waals surface area contributed by atoms with Gasteiger partial charge in [-0.1, -0.05) is 18.2 Å². The van der Waals surface area contributed by atoms with E-state index < -0.39 is 10.0 Å². The van der Waals surface area contributed by atoms with E-state index in [1.54, 1.807) is 30.1 Å². The lowest BCUT2D eigenvalue weighted by molar-refractivity contribution is -0.131. The molecule has 0 saturated carbocycles. The van der Waals surface area contributed by atoms with Gasteiger partial charge in [0.1, 0.15) is 5.82 Å². The second-order valence-electron chi connectivity index (χ2n) is 8.34. The number of carbonyl (C=O) groups is 1. The standard InChI is InChI=1S/C23H28FN3O3S/c1-25(16-18-5-8-21(24)9-6-18)23(28)17-26-11-13-27(14-12-26)31(29,30)22-10-7-19-3-2-4-20(19)15-22/h5-10,15H,2-4,11-14,16-17H2,1H3. The van der Waals surface area contributed by atoms with Crippen molar-refractivity contribution in [3.63, 3.8) is 0 Å². The fourth-order valence-electron chi connectivity index (χ4n) is 4.25. The molecule has 0 radical (unpaired) electrons. The van der Waals surface area contributed by atoms with Crippen LogP contribution in [0.15, 0.2) is 47.4 Å². The Morgan fingerprint density at radius 3 is 2.39 bits per heavy atom. The number of likely N-dealkylation sites (N-methyl/N-ethyl adjacent to an activating group) is 1. The van der Waals surface area contributed by atoms with Crippen LogP contribution in [0.1, 0.15) is 23.1 Å².